The predicted molar refractivity (Wildman–Crippen MR) is 103 cm³/mol. The number of piperazine rings is 1. The third kappa shape index (κ3) is 3.54. The van der Waals surface area contributed by atoms with Crippen LogP contribution in [0.4, 0.5) is 10.2 Å². The van der Waals surface area contributed by atoms with Gasteiger partial charge in [0.2, 0.25) is 0 Å². The van der Waals surface area contributed by atoms with Gasteiger partial charge in [-0.05, 0) is 37.1 Å². The first-order chi connectivity index (χ1) is 13.7. The fourth-order valence-corrected chi connectivity index (χ4v) is 4.00. The van der Waals surface area contributed by atoms with Crippen LogP contribution in [0.25, 0.3) is 0 Å². The van der Waals surface area contributed by atoms with Crippen molar-refractivity contribution in [1.29, 1.82) is 10.5 Å². The van der Waals surface area contributed by atoms with Gasteiger partial charge >= 0.3 is 0 Å². The zero-order valence-electron chi connectivity index (χ0n) is 15.3. The topological polar surface area (TPSA) is 67.0 Å². The van der Waals surface area contributed by atoms with E-state index in [1.807, 2.05) is 18.2 Å². The van der Waals surface area contributed by atoms with Gasteiger partial charge < -0.3 is 4.90 Å². The highest BCUT2D eigenvalue weighted by molar-refractivity contribution is 5.54. The molecule has 1 aromatic heterocycles. The first kappa shape index (κ1) is 18.0. The summed E-state index contributed by atoms with van der Waals surface area (Å²) in [6, 6.07) is 13.3. The van der Waals surface area contributed by atoms with E-state index in [1.165, 1.54) is 12.3 Å². The molecule has 138 valence electrons. The molecule has 2 aliphatic heterocycles. The minimum absolute atomic E-state index is 0.189. The van der Waals surface area contributed by atoms with Gasteiger partial charge in [-0.2, -0.15) is 10.5 Å². The average Bonchev–Trinajstić information content (AvgIpc) is 3.14. The Morgan fingerprint density at radius 3 is 2.75 bits per heavy atom. The molecule has 2 atom stereocenters. The largest absolute Gasteiger partial charge is 0.353 e. The average molecular weight is 371 g/mol. The first-order valence-corrected chi connectivity index (χ1v) is 9.26. The summed E-state index contributed by atoms with van der Waals surface area (Å²) < 4.78 is 13.4. The highest BCUT2D eigenvalue weighted by atomic mass is 19.1. The smallest absolute Gasteiger partial charge is 0.146 e. The molecule has 3 heterocycles. The quantitative estimate of drug-likeness (QED) is 0.721. The van der Waals surface area contributed by atoms with E-state index < -0.39 is 5.82 Å². The number of rotatable bonds is 1. The van der Waals surface area contributed by atoms with Gasteiger partial charge in [0.05, 0.1) is 29.4 Å². The number of nitriles is 2. The van der Waals surface area contributed by atoms with Crippen molar-refractivity contribution in [3.63, 3.8) is 0 Å². The zero-order chi connectivity index (χ0) is 19.5. The first-order valence-electron chi connectivity index (χ1n) is 9.26. The second-order valence-corrected chi connectivity index (χ2v) is 7.03. The monoisotopic (exact) mass is 371 g/mol. The summed E-state index contributed by atoms with van der Waals surface area (Å²) in [5.74, 6) is 6.64. The molecule has 5 nitrogen and oxygen atoms in total. The van der Waals surface area contributed by atoms with E-state index in [-0.39, 0.29) is 11.6 Å². The SMILES string of the molecule is N#Cc1cccc(C#CC2CC[C@H]3CN(c4ncc(F)cc4C#N)CCN23)c1. The summed E-state index contributed by atoms with van der Waals surface area (Å²) in [6.45, 7) is 2.31. The van der Waals surface area contributed by atoms with Crippen LogP contribution in [0, 0.1) is 40.3 Å². The van der Waals surface area contributed by atoms with Crippen LogP contribution in [0.1, 0.15) is 29.5 Å². The molecule has 0 aliphatic carbocycles. The van der Waals surface area contributed by atoms with Gasteiger partial charge in [-0.25, -0.2) is 9.37 Å². The molecule has 2 saturated heterocycles. The van der Waals surface area contributed by atoms with Crippen molar-refractivity contribution < 1.29 is 4.39 Å². The Kier molecular flexibility index (Phi) is 4.94. The van der Waals surface area contributed by atoms with Gasteiger partial charge in [0.1, 0.15) is 17.7 Å². The summed E-state index contributed by atoms with van der Waals surface area (Å²) >= 11 is 0. The number of pyridine rings is 1. The number of halogens is 1. The fraction of sp³-hybridized carbons (Fsp3) is 0.318. The number of aromatic nitrogens is 1. The van der Waals surface area contributed by atoms with Crippen molar-refractivity contribution in [3.05, 3.63) is 59.0 Å². The maximum absolute atomic E-state index is 13.4. The van der Waals surface area contributed by atoms with Crippen molar-refractivity contribution in [2.45, 2.75) is 24.9 Å². The highest BCUT2D eigenvalue weighted by Gasteiger charge is 2.37. The second kappa shape index (κ2) is 7.69. The van der Waals surface area contributed by atoms with Crippen LogP contribution in [-0.4, -0.2) is 41.6 Å². The van der Waals surface area contributed by atoms with Crippen molar-refractivity contribution in [2.75, 3.05) is 24.5 Å². The molecule has 2 aromatic rings. The van der Waals surface area contributed by atoms with E-state index in [2.05, 4.69) is 32.7 Å². The molecule has 1 aromatic carbocycles. The van der Waals surface area contributed by atoms with Crippen LogP contribution >= 0.6 is 0 Å². The lowest BCUT2D eigenvalue weighted by molar-refractivity contribution is 0.202. The van der Waals surface area contributed by atoms with E-state index in [4.69, 9.17) is 5.26 Å². The normalized spacial score (nSPS) is 21.2. The van der Waals surface area contributed by atoms with Crippen LogP contribution in [0.5, 0.6) is 0 Å². The summed E-state index contributed by atoms with van der Waals surface area (Å²) in [5.41, 5.74) is 1.75. The number of hydrogen-bond acceptors (Lipinski definition) is 5. The molecule has 6 heteroatoms. The molecule has 1 unspecified atom stereocenters. The third-order valence-electron chi connectivity index (χ3n) is 5.33. The van der Waals surface area contributed by atoms with Gasteiger partial charge in [0.15, 0.2) is 0 Å². The Morgan fingerprint density at radius 1 is 1.07 bits per heavy atom. The molecule has 28 heavy (non-hydrogen) atoms. The maximum Gasteiger partial charge on any atom is 0.146 e. The molecule has 0 saturated carbocycles. The van der Waals surface area contributed by atoms with Crippen LogP contribution in [0.2, 0.25) is 0 Å². The number of fused-ring (bicyclic) bond motifs is 1. The Hall–Kier alpha value is -3.40. The molecular weight excluding hydrogens is 353 g/mol. The van der Waals surface area contributed by atoms with E-state index in [1.54, 1.807) is 12.1 Å². The number of benzene rings is 1. The molecule has 4 rings (SSSR count). The van der Waals surface area contributed by atoms with Crippen LogP contribution in [0.15, 0.2) is 36.5 Å². The summed E-state index contributed by atoms with van der Waals surface area (Å²) in [4.78, 5) is 8.64. The molecule has 0 N–H and O–H groups in total. The summed E-state index contributed by atoms with van der Waals surface area (Å²) in [7, 11) is 0. The molecular formula is C22H18FN5. The lowest BCUT2D eigenvalue weighted by atomic mass is 10.1. The summed E-state index contributed by atoms with van der Waals surface area (Å²) in [5, 5.41) is 18.3. The predicted octanol–water partition coefficient (Wildman–Crippen LogP) is 2.67. The highest BCUT2D eigenvalue weighted by Crippen LogP contribution is 2.30. The molecule has 0 bridgehead atoms. The van der Waals surface area contributed by atoms with E-state index in [0.717, 1.165) is 38.0 Å². The van der Waals surface area contributed by atoms with Crippen molar-refractivity contribution in [1.82, 2.24) is 9.88 Å². The van der Waals surface area contributed by atoms with Crippen LogP contribution < -0.4 is 4.90 Å². The molecule has 2 aliphatic rings. The van der Waals surface area contributed by atoms with Crippen molar-refractivity contribution >= 4 is 5.82 Å². The zero-order valence-corrected chi connectivity index (χ0v) is 15.3. The number of nitrogens with zero attached hydrogens (tertiary/aromatic N) is 5. The Labute approximate surface area is 163 Å². The Bertz CT molecular complexity index is 1040. The number of anilines is 1. The lowest BCUT2D eigenvalue weighted by Gasteiger charge is -2.39. The Balaban J connectivity index is 1.47. The summed E-state index contributed by atoms with van der Waals surface area (Å²) in [6.07, 6.45) is 3.18. The Morgan fingerprint density at radius 2 is 1.93 bits per heavy atom. The lowest BCUT2D eigenvalue weighted by Crippen LogP contribution is -2.52. The van der Waals surface area contributed by atoms with Crippen LogP contribution in [0.3, 0.4) is 0 Å². The minimum Gasteiger partial charge on any atom is -0.353 e. The maximum atomic E-state index is 13.4. The van der Waals surface area contributed by atoms with E-state index in [9.17, 15) is 9.65 Å². The van der Waals surface area contributed by atoms with Gasteiger partial charge in [0, 0.05) is 31.2 Å². The van der Waals surface area contributed by atoms with Crippen molar-refractivity contribution in [3.8, 4) is 24.0 Å². The molecule has 0 spiro atoms. The van der Waals surface area contributed by atoms with Gasteiger partial charge in [0.25, 0.3) is 0 Å². The van der Waals surface area contributed by atoms with Crippen molar-refractivity contribution in [2.24, 2.45) is 0 Å². The minimum atomic E-state index is -0.490. The van der Waals surface area contributed by atoms with Gasteiger partial charge in [-0.3, -0.25) is 4.90 Å². The van der Waals surface area contributed by atoms with E-state index in [0.29, 0.717) is 17.4 Å². The fourth-order valence-electron chi connectivity index (χ4n) is 4.00. The molecule has 0 radical (unpaired) electrons. The van der Waals surface area contributed by atoms with Gasteiger partial charge in [-0.15, -0.1) is 0 Å². The molecule has 2 fully saturated rings. The van der Waals surface area contributed by atoms with Gasteiger partial charge in [-0.1, -0.05) is 17.9 Å². The van der Waals surface area contributed by atoms with E-state index >= 15 is 0 Å². The number of hydrogen-bond donors (Lipinski definition) is 0. The third-order valence-corrected chi connectivity index (χ3v) is 5.33. The molecule has 0 amide bonds. The standard InChI is InChI=1S/C22H18FN5/c23-19-11-18(13-25)22(26-14-19)27-8-9-28-20(6-7-21(28)15-27)5-4-16-2-1-3-17(10-16)12-24/h1-3,10-11,14,20-21H,6-9,15H2/t20?,21-/m0/s1. The van der Waals surface area contributed by atoms with Crippen LogP contribution in [-0.2, 0) is 0 Å². The second-order valence-electron chi connectivity index (χ2n) is 7.03.